The molecule has 2 heterocycles. The molecule has 0 amide bonds. The summed E-state index contributed by atoms with van der Waals surface area (Å²) in [5, 5.41) is -0.665. The zero-order chi connectivity index (χ0) is 18.1. The average molecular weight is 350 g/mol. The van der Waals surface area contributed by atoms with Crippen LogP contribution in [0.4, 0.5) is 5.69 Å². The molecule has 132 valence electrons. The molecule has 0 spiro atoms. The van der Waals surface area contributed by atoms with Gasteiger partial charge in [-0.1, -0.05) is 0 Å². The summed E-state index contributed by atoms with van der Waals surface area (Å²) in [4.78, 5) is 4.89. The van der Waals surface area contributed by atoms with Gasteiger partial charge in [-0.15, -0.1) is 0 Å². The van der Waals surface area contributed by atoms with E-state index >= 15 is 0 Å². The number of aliphatic imine (C=N–C) groups is 1. The summed E-state index contributed by atoms with van der Waals surface area (Å²) < 4.78 is 32.1. The summed E-state index contributed by atoms with van der Waals surface area (Å²) in [6, 6.07) is 5.39. The van der Waals surface area contributed by atoms with Crippen molar-refractivity contribution < 1.29 is 13.2 Å². The van der Waals surface area contributed by atoms with Gasteiger partial charge in [-0.25, -0.2) is 8.42 Å². The third kappa shape index (κ3) is 2.19. The molecular formula is C18H26N2O3S. The van der Waals surface area contributed by atoms with Gasteiger partial charge in [0.05, 0.1) is 5.25 Å². The van der Waals surface area contributed by atoms with Gasteiger partial charge in [0, 0.05) is 23.4 Å². The van der Waals surface area contributed by atoms with Crippen LogP contribution in [0.15, 0.2) is 23.2 Å². The van der Waals surface area contributed by atoms with Crippen LogP contribution in [0.2, 0.25) is 0 Å². The highest BCUT2D eigenvalue weighted by molar-refractivity contribution is 7.94. The number of rotatable bonds is 0. The highest BCUT2D eigenvalue weighted by Gasteiger charge is 2.59. The zero-order valence-electron chi connectivity index (χ0n) is 15.2. The monoisotopic (exact) mass is 350 g/mol. The molecule has 2 atom stereocenters. The molecule has 1 aromatic rings. The molecule has 0 saturated carbocycles. The number of hydrogen-bond acceptors (Lipinski definition) is 5. The molecular weight excluding hydrogens is 324 g/mol. The van der Waals surface area contributed by atoms with Crippen LogP contribution in [0.25, 0.3) is 0 Å². The van der Waals surface area contributed by atoms with Crippen molar-refractivity contribution in [1.82, 2.24) is 0 Å². The lowest BCUT2D eigenvalue weighted by atomic mass is 9.84. The molecule has 0 radical (unpaired) electrons. The smallest absolute Gasteiger partial charge is 0.166 e. The van der Waals surface area contributed by atoms with Gasteiger partial charge in [-0.3, -0.25) is 4.99 Å². The van der Waals surface area contributed by atoms with Gasteiger partial charge in [-0.05, 0) is 59.7 Å². The molecule has 5 nitrogen and oxygen atoms in total. The van der Waals surface area contributed by atoms with Crippen LogP contribution >= 0.6 is 0 Å². The van der Waals surface area contributed by atoms with Crippen LogP contribution in [-0.2, 0) is 15.4 Å². The van der Waals surface area contributed by atoms with E-state index in [-0.39, 0.29) is 0 Å². The molecule has 2 aliphatic heterocycles. The second kappa shape index (κ2) is 4.75. The lowest BCUT2D eigenvalue weighted by Gasteiger charge is -2.44. The third-order valence-electron chi connectivity index (χ3n) is 5.60. The maximum Gasteiger partial charge on any atom is 0.166 e. The summed E-state index contributed by atoms with van der Waals surface area (Å²) in [5.41, 5.74) is 6.41. The first-order valence-corrected chi connectivity index (χ1v) is 9.75. The van der Waals surface area contributed by atoms with Gasteiger partial charge in [0.25, 0.3) is 0 Å². The van der Waals surface area contributed by atoms with Crippen LogP contribution in [-0.4, -0.2) is 29.7 Å². The largest absolute Gasteiger partial charge is 0.487 e. The van der Waals surface area contributed by atoms with E-state index in [1.807, 2.05) is 26.8 Å². The molecule has 24 heavy (non-hydrogen) atoms. The van der Waals surface area contributed by atoms with Crippen molar-refractivity contribution in [2.75, 3.05) is 5.73 Å². The maximum atomic E-state index is 13.5. The normalized spacial score (nSPS) is 32.6. The first kappa shape index (κ1) is 17.3. The molecule has 6 heteroatoms. The Morgan fingerprint density at radius 1 is 1.21 bits per heavy atom. The van der Waals surface area contributed by atoms with E-state index in [0.717, 1.165) is 5.56 Å². The number of nitrogens with two attached hydrogens (primary N) is 1. The molecule has 0 fully saturated rings. The predicted octanol–water partition coefficient (Wildman–Crippen LogP) is 3.08. The van der Waals surface area contributed by atoms with E-state index in [0.29, 0.717) is 23.6 Å². The second-order valence-corrected chi connectivity index (χ2v) is 10.9. The number of benzene rings is 1. The molecule has 0 unspecified atom stereocenters. The van der Waals surface area contributed by atoms with Crippen molar-refractivity contribution >= 4 is 21.2 Å². The van der Waals surface area contributed by atoms with Crippen molar-refractivity contribution in [2.45, 2.75) is 69.1 Å². The molecule has 2 aliphatic rings. The number of nitrogen functional groups attached to an aromatic ring is 1. The first-order chi connectivity index (χ1) is 10.8. The van der Waals surface area contributed by atoms with Crippen LogP contribution in [0.1, 0.15) is 53.5 Å². The van der Waals surface area contributed by atoms with E-state index in [1.54, 1.807) is 32.9 Å². The van der Waals surface area contributed by atoms with Crippen molar-refractivity contribution in [3.63, 3.8) is 0 Å². The molecule has 0 aliphatic carbocycles. The van der Waals surface area contributed by atoms with Crippen LogP contribution in [0.3, 0.4) is 0 Å². The Morgan fingerprint density at radius 3 is 2.46 bits per heavy atom. The van der Waals surface area contributed by atoms with Gasteiger partial charge in [0.1, 0.15) is 21.6 Å². The SMILES string of the molecule is CC1=N[C@]2(C)c3cc(N)ccc3OC(C)(C)C[C@H]2S(=O)(=O)C1(C)C. The minimum absolute atomic E-state index is 0.376. The van der Waals surface area contributed by atoms with Gasteiger partial charge >= 0.3 is 0 Å². The Balaban J connectivity index is 2.40. The molecule has 0 bridgehead atoms. The van der Waals surface area contributed by atoms with E-state index in [4.69, 9.17) is 15.5 Å². The Hall–Kier alpha value is -1.56. The highest BCUT2D eigenvalue weighted by atomic mass is 32.2. The van der Waals surface area contributed by atoms with Gasteiger partial charge in [0.2, 0.25) is 0 Å². The topological polar surface area (TPSA) is 81.8 Å². The van der Waals surface area contributed by atoms with Crippen LogP contribution in [0, 0.1) is 0 Å². The number of ether oxygens (including phenoxy) is 1. The van der Waals surface area contributed by atoms with Crippen molar-refractivity contribution in [3.05, 3.63) is 23.8 Å². The lowest BCUT2D eigenvalue weighted by Crippen LogP contribution is -2.57. The maximum absolute atomic E-state index is 13.5. The number of sulfone groups is 1. The quantitative estimate of drug-likeness (QED) is 0.729. The van der Waals surface area contributed by atoms with Crippen molar-refractivity contribution in [2.24, 2.45) is 4.99 Å². The van der Waals surface area contributed by atoms with E-state index < -0.39 is 31.0 Å². The van der Waals surface area contributed by atoms with E-state index in [9.17, 15) is 8.42 Å². The number of nitrogens with zero attached hydrogens (tertiary/aromatic N) is 1. The van der Waals surface area contributed by atoms with Gasteiger partial charge < -0.3 is 10.5 Å². The summed E-state index contributed by atoms with van der Waals surface area (Å²) in [6.45, 7) is 11.0. The molecule has 0 saturated heterocycles. The Bertz CT molecular complexity index is 840. The predicted molar refractivity (Wildman–Crippen MR) is 97.4 cm³/mol. The summed E-state index contributed by atoms with van der Waals surface area (Å²) in [7, 11) is -3.47. The molecule has 1 aromatic carbocycles. The van der Waals surface area contributed by atoms with Crippen LogP contribution in [0.5, 0.6) is 5.75 Å². The van der Waals surface area contributed by atoms with Crippen molar-refractivity contribution in [1.29, 1.82) is 0 Å². The minimum atomic E-state index is -3.47. The number of fused-ring (bicyclic) bond motifs is 3. The summed E-state index contributed by atoms with van der Waals surface area (Å²) in [6.07, 6.45) is 0.376. The first-order valence-electron chi connectivity index (χ1n) is 8.21. The van der Waals surface area contributed by atoms with E-state index in [1.165, 1.54) is 0 Å². The third-order valence-corrected chi connectivity index (χ3v) is 8.69. The van der Waals surface area contributed by atoms with Crippen molar-refractivity contribution in [3.8, 4) is 5.75 Å². The molecule has 2 N–H and O–H groups in total. The lowest BCUT2D eigenvalue weighted by molar-refractivity contribution is 0.102. The fourth-order valence-corrected chi connectivity index (χ4v) is 6.35. The minimum Gasteiger partial charge on any atom is -0.487 e. The highest BCUT2D eigenvalue weighted by Crippen LogP contribution is 2.51. The Kier molecular flexibility index (Phi) is 3.42. The average Bonchev–Trinajstić information content (AvgIpc) is 2.52. The zero-order valence-corrected chi connectivity index (χ0v) is 16.0. The second-order valence-electron chi connectivity index (χ2n) is 8.21. The fourth-order valence-electron chi connectivity index (χ4n) is 3.78. The number of hydrogen-bond donors (Lipinski definition) is 1. The van der Waals surface area contributed by atoms with Gasteiger partial charge in [0.15, 0.2) is 9.84 Å². The summed E-state index contributed by atoms with van der Waals surface area (Å²) in [5.74, 6) is 0.658. The summed E-state index contributed by atoms with van der Waals surface area (Å²) >= 11 is 0. The fraction of sp³-hybridized carbons (Fsp3) is 0.611. The standard InChI is InChI=1S/C18H26N2O3S/c1-11-17(4,5)24(21,22)15-10-16(2,3)23-14-8-7-12(19)9-13(14)18(15,6)20-11/h7-9,15H,10,19H2,1-6H3/t15-,18-/m1/s1. The number of anilines is 1. The van der Waals surface area contributed by atoms with Gasteiger partial charge in [-0.2, -0.15) is 0 Å². The Morgan fingerprint density at radius 2 is 1.83 bits per heavy atom. The molecule has 0 aromatic heterocycles. The molecule has 3 rings (SSSR count). The Labute approximate surface area is 144 Å². The van der Waals surface area contributed by atoms with Crippen LogP contribution < -0.4 is 10.5 Å². The van der Waals surface area contributed by atoms with E-state index in [2.05, 4.69) is 0 Å².